The Morgan fingerprint density at radius 3 is 1.89 bits per heavy atom. The molecule has 0 aliphatic rings. The Kier molecular flexibility index (Phi) is 13.7. The molecule has 2 aromatic carbocycles. The molecule has 0 saturated carbocycles. The van der Waals surface area contributed by atoms with Gasteiger partial charge in [-0.25, -0.2) is 13.9 Å². The van der Waals surface area contributed by atoms with Gasteiger partial charge in [-0.1, -0.05) is 110 Å². The number of carboxylic acid groups (broad SMARTS) is 2. The Hall–Kier alpha value is -2.87. The normalized spacial score (nSPS) is 10.7. The van der Waals surface area contributed by atoms with Gasteiger partial charge in [0.1, 0.15) is 11.0 Å². The fourth-order valence-electron chi connectivity index (χ4n) is 4.26. The molecule has 8 heteroatoms. The van der Waals surface area contributed by atoms with Crippen LogP contribution in [0.3, 0.4) is 0 Å². The molecule has 3 rings (SSSR count). The van der Waals surface area contributed by atoms with Crippen molar-refractivity contribution in [3.63, 3.8) is 0 Å². The van der Waals surface area contributed by atoms with E-state index in [9.17, 15) is 0 Å². The van der Waals surface area contributed by atoms with E-state index in [1.165, 1.54) is 80.8 Å². The minimum absolute atomic E-state index is 0.815. The molecular weight excluding hydrogens is 522 g/mol. The lowest BCUT2D eigenvalue weighted by Crippen LogP contribution is -2.37. The number of carbonyl (C=O) groups is 2. The van der Waals surface area contributed by atoms with Crippen molar-refractivity contribution in [2.45, 2.75) is 77.3 Å². The summed E-state index contributed by atoms with van der Waals surface area (Å²) in [5.41, 5.74) is 10.4. The number of aliphatic carboxylic acids is 2. The number of hydrogen-bond acceptors (Lipinski definition) is 4. The lowest BCUT2D eigenvalue weighted by molar-refractivity contribution is -0.648. The Labute approximate surface area is 222 Å². The summed E-state index contributed by atoms with van der Waals surface area (Å²) in [4.78, 5) is 18.0. The number of carboxylic acids is 2. The van der Waals surface area contributed by atoms with Gasteiger partial charge in [-0.2, -0.15) is 0 Å². The maximum atomic E-state index is 9.04. The van der Waals surface area contributed by atoms with Crippen molar-refractivity contribution in [3.8, 4) is 0 Å². The minimum atomic E-state index is -2.07. The van der Waals surface area contributed by atoms with Crippen molar-refractivity contribution in [3.05, 3.63) is 60.2 Å². The Morgan fingerprint density at radius 2 is 1.33 bits per heavy atom. The van der Waals surface area contributed by atoms with Crippen LogP contribution >= 0.6 is 15.9 Å². The van der Waals surface area contributed by atoms with Crippen molar-refractivity contribution < 1.29 is 24.4 Å². The fraction of sp³-hybridized carbons (Fsp3) is 0.464. The molecule has 3 aromatic rings. The predicted molar refractivity (Wildman–Crippen MR) is 145 cm³/mol. The van der Waals surface area contributed by atoms with Gasteiger partial charge in [0.25, 0.3) is 0 Å². The molecule has 0 bridgehead atoms. The number of nitrogens with two attached hydrogens (primary N) is 1. The van der Waals surface area contributed by atoms with Gasteiger partial charge in [-0.15, -0.1) is 0 Å². The second-order valence-electron chi connectivity index (χ2n) is 8.89. The number of benzene rings is 2. The molecule has 0 spiro atoms. The molecule has 1 heterocycles. The number of carbonyl (C=O) groups excluding carboxylic acids is 1. The lowest BCUT2D eigenvalue weighted by atomic mass is 10.1. The van der Waals surface area contributed by atoms with Crippen molar-refractivity contribution in [2.75, 3.05) is 11.1 Å². The molecule has 3 N–H and O–H groups in total. The summed E-state index contributed by atoms with van der Waals surface area (Å²) < 4.78 is 4.56. The SMILES string of the molecule is Nc1n(CCCCCCCCCCCCBr)c2ccccc2[n+]1Cc1ccccc1.O=C([O-])C(=O)O. The molecule has 0 aliphatic heterocycles. The van der Waals surface area contributed by atoms with E-state index in [-0.39, 0.29) is 0 Å². The molecule has 0 saturated heterocycles. The van der Waals surface area contributed by atoms with Gasteiger partial charge in [0.2, 0.25) is 0 Å². The molecule has 0 aliphatic carbocycles. The van der Waals surface area contributed by atoms with E-state index in [4.69, 9.17) is 25.5 Å². The molecule has 1 aromatic heterocycles. The van der Waals surface area contributed by atoms with Gasteiger partial charge in [0, 0.05) is 5.33 Å². The van der Waals surface area contributed by atoms with E-state index in [1.54, 1.807) is 0 Å². The number of nitrogens with zero attached hydrogens (tertiary/aromatic N) is 2. The molecule has 0 fully saturated rings. The maximum absolute atomic E-state index is 9.04. The average Bonchev–Trinajstić information content (AvgIpc) is 3.14. The first-order chi connectivity index (χ1) is 17.5. The second kappa shape index (κ2) is 16.7. The van der Waals surface area contributed by atoms with Gasteiger partial charge >= 0.3 is 11.9 Å². The first-order valence-electron chi connectivity index (χ1n) is 12.8. The summed E-state index contributed by atoms with van der Waals surface area (Å²) in [5.74, 6) is -3.14. The van der Waals surface area contributed by atoms with E-state index in [0.29, 0.717) is 0 Å². The largest absolute Gasteiger partial charge is 0.539 e. The molecule has 7 nitrogen and oxygen atoms in total. The highest BCUT2D eigenvalue weighted by Crippen LogP contribution is 2.19. The van der Waals surface area contributed by atoms with Gasteiger partial charge in [0.05, 0.1) is 13.1 Å². The van der Waals surface area contributed by atoms with Crippen molar-refractivity contribution >= 4 is 44.9 Å². The first kappa shape index (κ1) is 29.4. The van der Waals surface area contributed by atoms with Gasteiger partial charge in [-0.05, 0) is 30.5 Å². The highest BCUT2D eigenvalue weighted by molar-refractivity contribution is 9.09. The fourth-order valence-corrected chi connectivity index (χ4v) is 4.66. The van der Waals surface area contributed by atoms with Crippen LogP contribution in [-0.4, -0.2) is 26.9 Å². The van der Waals surface area contributed by atoms with E-state index in [1.807, 2.05) is 0 Å². The smallest absolute Gasteiger partial charge is 0.356 e. The summed E-state index contributed by atoms with van der Waals surface area (Å²) >= 11 is 3.51. The van der Waals surface area contributed by atoms with Gasteiger partial charge in [0.15, 0.2) is 5.97 Å². The van der Waals surface area contributed by atoms with Crippen LogP contribution in [0.4, 0.5) is 5.95 Å². The van der Waals surface area contributed by atoms with Crippen LogP contribution in [0.15, 0.2) is 54.6 Å². The quantitative estimate of drug-likeness (QED) is 0.129. The van der Waals surface area contributed by atoms with Crippen LogP contribution in [-0.2, 0) is 22.7 Å². The summed E-state index contributed by atoms with van der Waals surface area (Å²) in [6.45, 7) is 1.82. The molecular formula is C28H38BrN3O4. The van der Waals surface area contributed by atoms with E-state index >= 15 is 0 Å². The Balaban J connectivity index is 0.000000678. The zero-order valence-corrected chi connectivity index (χ0v) is 22.5. The number of alkyl halides is 1. The summed E-state index contributed by atoms with van der Waals surface area (Å²) in [6, 6.07) is 19.2. The topological polar surface area (TPSA) is 112 Å². The summed E-state index contributed by atoms with van der Waals surface area (Å²) in [5, 5.41) is 17.5. The molecule has 0 unspecified atom stereocenters. The van der Waals surface area contributed by atoms with Crippen LogP contribution in [0, 0.1) is 0 Å². The zero-order chi connectivity index (χ0) is 26.2. The molecule has 0 radical (unpaired) electrons. The monoisotopic (exact) mass is 559 g/mol. The molecule has 0 amide bonds. The number of aromatic nitrogens is 2. The summed E-state index contributed by atoms with van der Waals surface area (Å²) in [6.07, 6.45) is 13.5. The third kappa shape index (κ3) is 10.0. The first-order valence-corrected chi connectivity index (χ1v) is 13.9. The van der Waals surface area contributed by atoms with Gasteiger partial charge in [-0.3, -0.25) is 5.73 Å². The predicted octanol–water partition coefficient (Wildman–Crippen LogP) is 4.68. The number of unbranched alkanes of at least 4 members (excludes halogenated alkanes) is 9. The molecule has 196 valence electrons. The van der Waals surface area contributed by atoms with Crippen LogP contribution < -0.4 is 15.4 Å². The van der Waals surface area contributed by atoms with Crippen molar-refractivity contribution in [1.82, 2.24) is 4.57 Å². The van der Waals surface area contributed by atoms with E-state index < -0.39 is 11.9 Å². The highest BCUT2D eigenvalue weighted by atomic mass is 79.9. The minimum Gasteiger partial charge on any atom is -0.539 e. The van der Waals surface area contributed by atoms with Crippen LogP contribution in [0.25, 0.3) is 11.0 Å². The molecule has 36 heavy (non-hydrogen) atoms. The summed E-state index contributed by atoms with van der Waals surface area (Å²) in [7, 11) is 0. The van der Waals surface area contributed by atoms with Gasteiger partial charge < -0.3 is 15.0 Å². The average molecular weight is 561 g/mol. The lowest BCUT2D eigenvalue weighted by Gasteiger charge is -2.04. The number of aryl methyl sites for hydroxylation is 1. The number of halogens is 1. The zero-order valence-electron chi connectivity index (χ0n) is 20.9. The van der Waals surface area contributed by atoms with Crippen LogP contribution in [0.1, 0.15) is 69.8 Å². The van der Waals surface area contributed by atoms with Crippen LogP contribution in [0.2, 0.25) is 0 Å². The number of anilines is 1. The standard InChI is InChI=1S/C26H36BrN3.C2H2O4/c27-20-14-7-5-3-1-2-4-6-8-15-21-29-24-18-12-13-19-25(24)30(26(29)28)22-23-16-10-9-11-17-23;3-1(4)2(5)6/h9-13,16-19,28H,1-8,14-15,20-22H2;(H,3,4)(H,5,6). The number of rotatable bonds is 14. The Morgan fingerprint density at radius 1 is 0.833 bits per heavy atom. The van der Waals surface area contributed by atoms with E-state index in [0.717, 1.165) is 24.4 Å². The third-order valence-corrected chi connectivity index (χ3v) is 6.70. The second-order valence-corrected chi connectivity index (χ2v) is 9.68. The van der Waals surface area contributed by atoms with Crippen LogP contribution in [0.5, 0.6) is 0 Å². The molecule has 0 atom stereocenters. The number of para-hydroxylation sites is 2. The number of hydrogen-bond donors (Lipinski definition) is 2. The third-order valence-electron chi connectivity index (χ3n) is 6.14. The highest BCUT2D eigenvalue weighted by Gasteiger charge is 2.20. The van der Waals surface area contributed by atoms with E-state index in [2.05, 4.69) is 79.7 Å². The van der Waals surface area contributed by atoms with Crippen molar-refractivity contribution in [1.29, 1.82) is 0 Å². The number of imidazole rings is 1. The Bertz CT molecular complexity index is 1060. The maximum Gasteiger partial charge on any atom is 0.356 e. The number of fused-ring (bicyclic) bond motifs is 1. The number of nitrogen functional groups attached to an aromatic ring is 1. The van der Waals surface area contributed by atoms with Crippen molar-refractivity contribution in [2.24, 2.45) is 0 Å².